The monoisotopic (exact) mass is 386 g/mol. The van der Waals surface area contributed by atoms with Crippen molar-refractivity contribution in [2.45, 2.75) is 19.4 Å². The smallest absolute Gasteiger partial charge is 0.313 e. The number of carbonyl (C=O) groups excluding carboxylic acids is 2. The van der Waals surface area contributed by atoms with Gasteiger partial charge in [-0.2, -0.15) is 0 Å². The molecule has 1 aliphatic rings. The minimum absolute atomic E-state index is 0.128. The van der Waals surface area contributed by atoms with Gasteiger partial charge in [0.1, 0.15) is 11.4 Å². The van der Waals surface area contributed by atoms with Crippen LogP contribution < -0.4 is 24.8 Å². The lowest BCUT2D eigenvalue weighted by molar-refractivity contribution is -0.136. The van der Waals surface area contributed by atoms with Crippen LogP contribution >= 0.6 is 0 Å². The summed E-state index contributed by atoms with van der Waals surface area (Å²) in [5, 5.41) is 15.6. The maximum atomic E-state index is 12.1. The summed E-state index contributed by atoms with van der Waals surface area (Å²) in [7, 11) is 0. The first-order chi connectivity index (χ1) is 13.4. The molecule has 0 aliphatic carbocycles. The zero-order valence-corrected chi connectivity index (χ0v) is 15.7. The normalized spacial score (nSPS) is 14.1. The first-order valence-corrected chi connectivity index (χ1v) is 8.83. The number of benzene rings is 2. The molecule has 0 bridgehead atoms. The van der Waals surface area contributed by atoms with Gasteiger partial charge in [0.15, 0.2) is 11.5 Å². The van der Waals surface area contributed by atoms with Crippen molar-refractivity contribution in [3.63, 3.8) is 0 Å². The molecule has 0 aromatic heterocycles. The Kier molecular flexibility index (Phi) is 5.70. The summed E-state index contributed by atoms with van der Waals surface area (Å²) in [6, 6.07) is 11.7. The van der Waals surface area contributed by atoms with Gasteiger partial charge in [-0.15, -0.1) is 0 Å². The summed E-state index contributed by atoms with van der Waals surface area (Å²) in [4.78, 5) is 24.1. The van der Waals surface area contributed by atoms with Crippen LogP contribution in [-0.4, -0.2) is 36.9 Å². The predicted octanol–water partition coefficient (Wildman–Crippen LogP) is 1.78. The Balaban J connectivity index is 1.55. The van der Waals surface area contributed by atoms with Gasteiger partial charge in [0, 0.05) is 5.69 Å². The van der Waals surface area contributed by atoms with Gasteiger partial charge in [-0.25, -0.2) is 0 Å². The van der Waals surface area contributed by atoms with E-state index in [0.717, 1.165) is 0 Å². The van der Waals surface area contributed by atoms with Crippen LogP contribution in [0.1, 0.15) is 19.4 Å². The summed E-state index contributed by atoms with van der Waals surface area (Å²) in [5.41, 5.74) is -0.397. The minimum Gasteiger partial charge on any atom is -0.494 e. The van der Waals surface area contributed by atoms with Crippen LogP contribution in [0.3, 0.4) is 0 Å². The van der Waals surface area contributed by atoms with Crippen molar-refractivity contribution >= 4 is 17.5 Å². The first kappa shape index (κ1) is 19.5. The van der Waals surface area contributed by atoms with Gasteiger partial charge in [0.25, 0.3) is 0 Å². The van der Waals surface area contributed by atoms with Gasteiger partial charge >= 0.3 is 11.8 Å². The highest BCUT2D eigenvalue weighted by atomic mass is 16.7. The lowest BCUT2D eigenvalue weighted by atomic mass is 9.95. The molecule has 148 valence electrons. The number of fused-ring (bicyclic) bond motifs is 1. The Morgan fingerprint density at radius 3 is 2.54 bits per heavy atom. The molecule has 1 unspecified atom stereocenters. The molecule has 2 aromatic rings. The Hall–Kier alpha value is -3.26. The van der Waals surface area contributed by atoms with Crippen LogP contribution in [0.5, 0.6) is 17.2 Å². The van der Waals surface area contributed by atoms with Gasteiger partial charge in [-0.05, 0) is 55.8 Å². The number of carbonyl (C=O) groups is 2. The largest absolute Gasteiger partial charge is 0.494 e. The second-order valence-corrected chi connectivity index (χ2v) is 6.44. The zero-order valence-electron chi connectivity index (χ0n) is 15.7. The average molecular weight is 386 g/mol. The van der Waals surface area contributed by atoms with Crippen LogP contribution in [-0.2, 0) is 15.2 Å². The molecule has 3 N–H and O–H groups in total. The van der Waals surface area contributed by atoms with Gasteiger partial charge < -0.3 is 30.0 Å². The maximum Gasteiger partial charge on any atom is 0.313 e. The minimum atomic E-state index is -1.39. The summed E-state index contributed by atoms with van der Waals surface area (Å²) in [6.45, 7) is 3.93. The van der Waals surface area contributed by atoms with Crippen molar-refractivity contribution < 1.29 is 28.9 Å². The molecule has 28 heavy (non-hydrogen) atoms. The lowest BCUT2D eigenvalue weighted by Crippen LogP contribution is -2.43. The van der Waals surface area contributed by atoms with Gasteiger partial charge in [-0.1, -0.05) is 6.07 Å². The number of aliphatic hydroxyl groups is 1. The molecule has 0 spiro atoms. The molecule has 8 nitrogen and oxygen atoms in total. The third-order valence-electron chi connectivity index (χ3n) is 4.22. The number of rotatable bonds is 6. The first-order valence-electron chi connectivity index (χ1n) is 8.83. The van der Waals surface area contributed by atoms with Crippen LogP contribution in [0.25, 0.3) is 0 Å². The number of hydrogen-bond acceptors (Lipinski definition) is 6. The van der Waals surface area contributed by atoms with Crippen LogP contribution in [0, 0.1) is 0 Å². The van der Waals surface area contributed by atoms with Crippen molar-refractivity contribution in [1.82, 2.24) is 5.32 Å². The molecule has 1 aliphatic heterocycles. The fourth-order valence-electron chi connectivity index (χ4n) is 2.66. The number of ether oxygens (including phenoxy) is 3. The topological polar surface area (TPSA) is 106 Å². The molecule has 2 amide bonds. The molecule has 0 radical (unpaired) electrons. The Bertz CT molecular complexity index is 863. The van der Waals surface area contributed by atoms with E-state index in [2.05, 4.69) is 10.6 Å². The molecule has 2 aromatic carbocycles. The van der Waals surface area contributed by atoms with E-state index in [1.54, 1.807) is 42.5 Å². The third-order valence-corrected chi connectivity index (χ3v) is 4.22. The number of nitrogens with one attached hydrogen (secondary N) is 2. The molecule has 0 saturated heterocycles. The van der Waals surface area contributed by atoms with Gasteiger partial charge in [-0.3, -0.25) is 9.59 Å². The van der Waals surface area contributed by atoms with E-state index in [0.29, 0.717) is 35.1 Å². The highest BCUT2D eigenvalue weighted by Crippen LogP contribution is 2.35. The van der Waals surface area contributed by atoms with E-state index >= 15 is 0 Å². The summed E-state index contributed by atoms with van der Waals surface area (Å²) in [6.07, 6.45) is 0. The molecule has 1 heterocycles. The lowest BCUT2D eigenvalue weighted by Gasteiger charge is -2.24. The van der Waals surface area contributed by atoms with Crippen molar-refractivity contribution in [3.8, 4) is 17.2 Å². The van der Waals surface area contributed by atoms with E-state index in [-0.39, 0.29) is 13.3 Å². The molecule has 1 atom stereocenters. The fourth-order valence-corrected chi connectivity index (χ4v) is 2.66. The quantitative estimate of drug-likeness (QED) is 0.654. The summed E-state index contributed by atoms with van der Waals surface area (Å²) >= 11 is 0. The Morgan fingerprint density at radius 1 is 1.11 bits per heavy atom. The zero-order chi connectivity index (χ0) is 20.1. The SMILES string of the molecule is CCOc1ccc(NC(=O)C(=O)NCC(C)(O)c2ccc3c(c2)OCO3)cc1. The molecule has 0 fully saturated rings. The maximum absolute atomic E-state index is 12.1. The second-order valence-electron chi connectivity index (χ2n) is 6.44. The van der Waals surface area contributed by atoms with Crippen molar-refractivity contribution in [2.24, 2.45) is 0 Å². The van der Waals surface area contributed by atoms with E-state index in [1.165, 1.54) is 6.92 Å². The van der Waals surface area contributed by atoms with Crippen molar-refractivity contribution in [3.05, 3.63) is 48.0 Å². The van der Waals surface area contributed by atoms with Gasteiger partial charge in [0.2, 0.25) is 6.79 Å². The van der Waals surface area contributed by atoms with Crippen molar-refractivity contribution in [1.29, 1.82) is 0 Å². The Labute approximate surface area is 162 Å². The summed E-state index contributed by atoms with van der Waals surface area (Å²) < 4.78 is 15.9. The molecular formula is C20H22N2O6. The Morgan fingerprint density at radius 2 is 1.82 bits per heavy atom. The standard InChI is InChI=1S/C20H22N2O6/c1-3-26-15-7-5-14(6-8-15)22-19(24)18(23)21-11-20(2,25)13-4-9-16-17(10-13)28-12-27-16/h4-10,25H,3,11-12H2,1-2H3,(H,21,23)(H,22,24). The molecule has 8 heteroatoms. The highest BCUT2D eigenvalue weighted by Gasteiger charge is 2.27. The molecule has 0 saturated carbocycles. The second kappa shape index (κ2) is 8.18. The van der Waals surface area contributed by atoms with Crippen LogP contribution in [0.2, 0.25) is 0 Å². The summed E-state index contributed by atoms with van der Waals surface area (Å²) in [5.74, 6) is 0.112. The van der Waals surface area contributed by atoms with Crippen molar-refractivity contribution in [2.75, 3.05) is 25.3 Å². The van der Waals surface area contributed by atoms with Gasteiger partial charge in [0.05, 0.1) is 13.2 Å². The number of hydrogen-bond donors (Lipinski definition) is 3. The highest BCUT2D eigenvalue weighted by molar-refractivity contribution is 6.39. The number of amides is 2. The number of anilines is 1. The van der Waals surface area contributed by atoms with Crippen LogP contribution in [0.15, 0.2) is 42.5 Å². The predicted molar refractivity (Wildman–Crippen MR) is 101 cm³/mol. The van der Waals surface area contributed by atoms with E-state index < -0.39 is 17.4 Å². The molecular weight excluding hydrogens is 364 g/mol. The van der Waals surface area contributed by atoms with E-state index in [1.807, 2.05) is 6.92 Å². The van der Waals surface area contributed by atoms with Crippen LogP contribution in [0.4, 0.5) is 5.69 Å². The van der Waals surface area contributed by atoms with E-state index in [4.69, 9.17) is 14.2 Å². The average Bonchev–Trinajstić information content (AvgIpc) is 3.15. The fraction of sp³-hybridized carbons (Fsp3) is 0.300. The van der Waals surface area contributed by atoms with E-state index in [9.17, 15) is 14.7 Å². The molecule has 3 rings (SSSR count). The third kappa shape index (κ3) is 4.52.